The second kappa shape index (κ2) is 8.80. The van der Waals surface area contributed by atoms with Crippen LogP contribution < -0.4 is 10.2 Å². The summed E-state index contributed by atoms with van der Waals surface area (Å²) in [7, 11) is 1.29. The first-order chi connectivity index (χ1) is 12.5. The average Bonchev–Trinajstić information content (AvgIpc) is 2.64. The average molecular weight is 354 g/mol. The molecule has 0 aliphatic carbocycles. The van der Waals surface area contributed by atoms with Crippen molar-refractivity contribution in [3.05, 3.63) is 65.2 Å². The number of hydrogen-bond acceptors (Lipinski definition) is 4. The van der Waals surface area contributed by atoms with Gasteiger partial charge in [0.1, 0.15) is 0 Å². The molecule has 0 aliphatic rings. The topological polar surface area (TPSA) is 75.7 Å². The van der Waals surface area contributed by atoms with Crippen LogP contribution in [0.4, 0.5) is 5.69 Å². The van der Waals surface area contributed by atoms with E-state index in [1.807, 2.05) is 19.1 Å². The monoisotopic (exact) mass is 354 g/mol. The molecular weight excluding hydrogens is 332 g/mol. The minimum atomic E-state index is -0.518. The number of rotatable bonds is 6. The third-order valence-electron chi connectivity index (χ3n) is 3.99. The van der Waals surface area contributed by atoms with Crippen LogP contribution in [-0.2, 0) is 9.53 Å². The largest absolute Gasteiger partial charge is 0.465 e. The van der Waals surface area contributed by atoms with Gasteiger partial charge in [-0.3, -0.25) is 9.59 Å². The third-order valence-corrected chi connectivity index (χ3v) is 3.99. The van der Waals surface area contributed by atoms with E-state index in [0.717, 1.165) is 5.56 Å². The zero-order valence-corrected chi connectivity index (χ0v) is 15.1. The van der Waals surface area contributed by atoms with Gasteiger partial charge in [0.25, 0.3) is 5.91 Å². The van der Waals surface area contributed by atoms with Crippen LogP contribution in [0.3, 0.4) is 0 Å². The first kappa shape index (κ1) is 19.2. The van der Waals surface area contributed by atoms with E-state index < -0.39 is 5.97 Å². The van der Waals surface area contributed by atoms with E-state index in [1.165, 1.54) is 18.9 Å². The van der Waals surface area contributed by atoms with E-state index in [4.69, 9.17) is 4.74 Å². The molecular formula is C20H22N2O4. The molecule has 26 heavy (non-hydrogen) atoms. The molecule has 6 heteroatoms. The summed E-state index contributed by atoms with van der Waals surface area (Å²) in [5.41, 5.74) is 2.23. The van der Waals surface area contributed by atoms with Crippen LogP contribution in [0.1, 0.15) is 33.2 Å². The predicted octanol–water partition coefficient (Wildman–Crippen LogP) is 2.56. The number of nitrogens with zero attached hydrogens (tertiary/aromatic N) is 1. The van der Waals surface area contributed by atoms with Crippen molar-refractivity contribution >= 4 is 23.5 Å². The summed E-state index contributed by atoms with van der Waals surface area (Å²) < 4.78 is 4.77. The van der Waals surface area contributed by atoms with Gasteiger partial charge in [-0.1, -0.05) is 30.3 Å². The highest BCUT2D eigenvalue weighted by Crippen LogP contribution is 2.21. The normalized spacial score (nSPS) is 10.1. The molecule has 6 nitrogen and oxygen atoms in total. The molecule has 0 spiro atoms. The number of esters is 1. The lowest BCUT2D eigenvalue weighted by Crippen LogP contribution is -2.38. The second-order valence-corrected chi connectivity index (χ2v) is 5.75. The Balaban J connectivity index is 2.11. The van der Waals surface area contributed by atoms with Crippen LogP contribution >= 0.6 is 0 Å². The van der Waals surface area contributed by atoms with E-state index in [9.17, 15) is 14.4 Å². The van der Waals surface area contributed by atoms with Crippen LogP contribution in [0.2, 0.25) is 0 Å². The van der Waals surface area contributed by atoms with Gasteiger partial charge in [-0.05, 0) is 30.7 Å². The van der Waals surface area contributed by atoms with Crippen molar-refractivity contribution in [1.82, 2.24) is 5.32 Å². The maximum absolute atomic E-state index is 12.3. The number of methoxy groups -OCH3 is 1. The highest BCUT2D eigenvalue weighted by Gasteiger charge is 2.19. The molecule has 0 aromatic heterocycles. The van der Waals surface area contributed by atoms with Crippen LogP contribution in [0.5, 0.6) is 0 Å². The van der Waals surface area contributed by atoms with E-state index in [1.54, 1.807) is 36.4 Å². The third kappa shape index (κ3) is 4.47. The Kier molecular flexibility index (Phi) is 6.49. The van der Waals surface area contributed by atoms with Gasteiger partial charge >= 0.3 is 5.97 Å². The smallest absolute Gasteiger partial charge is 0.339 e. The summed E-state index contributed by atoms with van der Waals surface area (Å²) in [6.45, 7) is 3.77. The zero-order chi connectivity index (χ0) is 19.1. The summed E-state index contributed by atoms with van der Waals surface area (Å²) in [5, 5.41) is 2.81. The van der Waals surface area contributed by atoms with E-state index >= 15 is 0 Å². The Hall–Kier alpha value is -3.15. The standard InChI is InChI=1S/C20H22N2O4/c1-14-8-4-5-9-16(14)19(24)21-12-13-22(15(2)23)18-11-7-6-10-17(18)20(25)26-3/h4-11H,12-13H2,1-3H3,(H,21,24). The number of aryl methyl sites for hydroxylation is 1. The number of hydrogen-bond donors (Lipinski definition) is 1. The maximum atomic E-state index is 12.3. The number of nitrogens with one attached hydrogen (secondary N) is 1. The highest BCUT2D eigenvalue weighted by atomic mass is 16.5. The summed E-state index contributed by atoms with van der Waals surface area (Å²) in [6.07, 6.45) is 0. The minimum Gasteiger partial charge on any atom is -0.465 e. The van der Waals surface area contributed by atoms with Crippen molar-refractivity contribution in [1.29, 1.82) is 0 Å². The molecule has 0 bridgehead atoms. The van der Waals surface area contributed by atoms with Gasteiger partial charge < -0.3 is 15.0 Å². The molecule has 2 amide bonds. The number of carbonyl (C=O) groups excluding carboxylic acids is 3. The van der Waals surface area contributed by atoms with Gasteiger partial charge in [0.2, 0.25) is 5.91 Å². The minimum absolute atomic E-state index is 0.201. The van der Waals surface area contributed by atoms with Gasteiger partial charge in [0, 0.05) is 25.6 Å². The number of carbonyl (C=O) groups is 3. The fourth-order valence-electron chi connectivity index (χ4n) is 2.64. The lowest BCUT2D eigenvalue weighted by Gasteiger charge is -2.23. The molecule has 1 N–H and O–H groups in total. The Morgan fingerprint density at radius 3 is 2.23 bits per heavy atom. The van der Waals surface area contributed by atoms with Crippen LogP contribution in [0.25, 0.3) is 0 Å². The van der Waals surface area contributed by atoms with Crippen LogP contribution in [0, 0.1) is 6.92 Å². The lowest BCUT2D eigenvalue weighted by atomic mass is 10.1. The predicted molar refractivity (Wildman–Crippen MR) is 99.3 cm³/mol. The molecule has 0 aliphatic heterocycles. The number of amides is 2. The molecule has 0 heterocycles. The molecule has 136 valence electrons. The Bertz CT molecular complexity index is 817. The van der Waals surface area contributed by atoms with Gasteiger partial charge in [-0.2, -0.15) is 0 Å². The highest BCUT2D eigenvalue weighted by molar-refractivity contribution is 6.02. The summed E-state index contributed by atoms with van der Waals surface area (Å²) in [6, 6.07) is 14.0. The fraction of sp³-hybridized carbons (Fsp3) is 0.250. The molecule has 0 saturated heterocycles. The van der Waals surface area contributed by atoms with E-state index in [-0.39, 0.29) is 24.9 Å². The van der Waals surface area contributed by atoms with Crippen LogP contribution in [0.15, 0.2) is 48.5 Å². The van der Waals surface area contributed by atoms with Gasteiger partial charge in [-0.25, -0.2) is 4.79 Å². The van der Waals surface area contributed by atoms with Crippen LogP contribution in [-0.4, -0.2) is 38.0 Å². The van der Waals surface area contributed by atoms with Crippen molar-refractivity contribution in [2.45, 2.75) is 13.8 Å². The fourth-order valence-corrected chi connectivity index (χ4v) is 2.64. The summed E-state index contributed by atoms with van der Waals surface area (Å²) in [4.78, 5) is 37.7. The Morgan fingerprint density at radius 1 is 1.00 bits per heavy atom. The number of para-hydroxylation sites is 1. The van der Waals surface area contributed by atoms with Gasteiger partial charge in [-0.15, -0.1) is 0 Å². The SMILES string of the molecule is COC(=O)c1ccccc1N(CCNC(=O)c1ccccc1C)C(C)=O. The summed E-state index contributed by atoms with van der Waals surface area (Å²) in [5.74, 6) is -0.949. The van der Waals surface area contributed by atoms with E-state index in [2.05, 4.69) is 5.32 Å². The molecule has 0 unspecified atom stereocenters. The number of anilines is 1. The molecule has 2 rings (SSSR count). The van der Waals surface area contributed by atoms with Gasteiger partial charge in [0.05, 0.1) is 18.4 Å². The van der Waals surface area contributed by atoms with Crippen molar-refractivity contribution in [3.8, 4) is 0 Å². The molecule has 0 saturated carbocycles. The first-order valence-electron chi connectivity index (χ1n) is 8.25. The van der Waals surface area contributed by atoms with E-state index in [0.29, 0.717) is 16.8 Å². The molecule has 2 aromatic carbocycles. The second-order valence-electron chi connectivity index (χ2n) is 5.75. The summed E-state index contributed by atoms with van der Waals surface area (Å²) >= 11 is 0. The van der Waals surface area contributed by atoms with Crippen molar-refractivity contribution in [2.24, 2.45) is 0 Å². The van der Waals surface area contributed by atoms with Crippen molar-refractivity contribution in [2.75, 3.05) is 25.1 Å². The first-order valence-corrected chi connectivity index (χ1v) is 8.25. The Morgan fingerprint density at radius 2 is 1.62 bits per heavy atom. The Labute approximate surface area is 152 Å². The molecule has 0 atom stereocenters. The molecule has 0 radical (unpaired) electrons. The molecule has 2 aromatic rings. The van der Waals surface area contributed by atoms with Crippen molar-refractivity contribution < 1.29 is 19.1 Å². The van der Waals surface area contributed by atoms with Crippen molar-refractivity contribution in [3.63, 3.8) is 0 Å². The number of benzene rings is 2. The maximum Gasteiger partial charge on any atom is 0.339 e. The quantitative estimate of drug-likeness (QED) is 0.809. The lowest BCUT2D eigenvalue weighted by molar-refractivity contribution is -0.116. The molecule has 0 fully saturated rings. The van der Waals surface area contributed by atoms with Gasteiger partial charge in [0.15, 0.2) is 0 Å². The zero-order valence-electron chi connectivity index (χ0n) is 15.1. The number of ether oxygens (including phenoxy) is 1.